The third-order valence-corrected chi connectivity index (χ3v) is 2.13. The number of hydrogen-bond acceptors (Lipinski definition) is 4. The van der Waals surface area contributed by atoms with Gasteiger partial charge in [0.2, 0.25) is 0 Å². The summed E-state index contributed by atoms with van der Waals surface area (Å²) in [6.07, 6.45) is 0. The van der Waals surface area contributed by atoms with Crippen LogP contribution in [-0.2, 0) is 4.79 Å². The summed E-state index contributed by atoms with van der Waals surface area (Å²) in [7, 11) is 0. The van der Waals surface area contributed by atoms with Gasteiger partial charge in [-0.15, -0.1) is 0 Å². The fraction of sp³-hybridized carbons (Fsp3) is 0.364. The van der Waals surface area contributed by atoms with Crippen LogP contribution in [0.3, 0.4) is 0 Å². The van der Waals surface area contributed by atoms with E-state index in [1.54, 1.807) is 13.8 Å². The maximum Gasteiger partial charge on any atom is 0.313 e. The number of benzene rings is 1. The predicted molar refractivity (Wildman–Crippen MR) is 58.4 cm³/mol. The first-order chi connectivity index (χ1) is 7.91. The molecular formula is C11H12FNO4. The zero-order chi connectivity index (χ0) is 13.0. The Labute approximate surface area is 97.3 Å². The van der Waals surface area contributed by atoms with Crippen molar-refractivity contribution in [2.24, 2.45) is 5.92 Å². The highest BCUT2D eigenvalue weighted by atomic mass is 19.1. The first kappa shape index (κ1) is 13.1. The van der Waals surface area contributed by atoms with Crippen LogP contribution in [0.1, 0.15) is 13.8 Å². The summed E-state index contributed by atoms with van der Waals surface area (Å²) in [6, 6.07) is 2.94. The first-order valence-corrected chi connectivity index (χ1v) is 5.01. The van der Waals surface area contributed by atoms with Gasteiger partial charge in [-0.25, -0.2) is 4.39 Å². The minimum atomic E-state index is -0.752. The predicted octanol–water partition coefficient (Wildman–Crippen LogP) is 2.34. The molecule has 0 saturated carbocycles. The average Bonchev–Trinajstić information content (AvgIpc) is 2.26. The molecule has 0 radical (unpaired) electrons. The highest BCUT2D eigenvalue weighted by molar-refractivity contribution is 5.81. The molecular weight excluding hydrogens is 229 g/mol. The summed E-state index contributed by atoms with van der Waals surface area (Å²) in [5, 5.41) is 10.6. The Hall–Kier alpha value is -1.98. The van der Waals surface area contributed by atoms with E-state index in [1.807, 2.05) is 0 Å². The molecule has 0 N–H and O–H groups in total. The minimum absolute atomic E-state index is 0.106. The van der Waals surface area contributed by atoms with Crippen molar-refractivity contribution in [3.8, 4) is 5.75 Å². The number of carbonyl (C=O) groups excluding carboxylic acids is 1. The molecule has 0 unspecified atom stereocenters. The Morgan fingerprint density at radius 3 is 2.71 bits per heavy atom. The van der Waals surface area contributed by atoms with E-state index in [4.69, 9.17) is 4.74 Å². The van der Waals surface area contributed by atoms with E-state index in [1.165, 1.54) is 0 Å². The van der Waals surface area contributed by atoms with Crippen molar-refractivity contribution < 1.29 is 18.8 Å². The molecule has 1 aromatic rings. The summed E-state index contributed by atoms with van der Waals surface area (Å²) in [5.41, 5.74) is -0.485. The molecule has 0 amide bonds. The summed E-state index contributed by atoms with van der Waals surface area (Å²) in [6.45, 7) is 3.14. The summed E-state index contributed by atoms with van der Waals surface area (Å²) in [5.74, 6) is -1.22. The van der Waals surface area contributed by atoms with Crippen molar-refractivity contribution in [2.45, 2.75) is 13.8 Å². The third-order valence-electron chi connectivity index (χ3n) is 2.13. The fourth-order valence-corrected chi connectivity index (χ4v) is 1.07. The Balaban J connectivity index is 2.84. The van der Waals surface area contributed by atoms with Crippen LogP contribution >= 0.6 is 0 Å². The van der Waals surface area contributed by atoms with Gasteiger partial charge in [0.15, 0.2) is 11.5 Å². The highest BCUT2D eigenvalue weighted by Gasteiger charge is 2.17. The Morgan fingerprint density at radius 2 is 2.18 bits per heavy atom. The van der Waals surface area contributed by atoms with Crippen molar-refractivity contribution in [3.63, 3.8) is 0 Å². The van der Waals surface area contributed by atoms with Gasteiger partial charge in [-0.2, -0.15) is 0 Å². The van der Waals surface area contributed by atoms with Gasteiger partial charge in [-0.1, -0.05) is 13.8 Å². The van der Waals surface area contributed by atoms with Gasteiger partial charge in [0.25, 0.3) is 0 Å². The molecule has 17 heavy (non-hydrogen) atoms. The topological polar surface area (TPSA) is 69.4 Å². The second-order valence-electron chi connectivity index (χ2n) is 3.78. The maximum absolute atomic E-state index is 12.8. The number of nitrogens with zero attached hydrogens (tertiary/aromatic N) is 1. The van der Waals surface area contributed by atoms with Crippen LogP contribution in [0.25, 0.3) is 0 Å². The van der Waals surface area contributed by atoms with E-state index < -0.39 is 16.4 Å². The van der Waals surface area contributed by atoms with E-state index in [9.17, 15) is 19.3 Å². The fourth-order valence-electron chi connectivity index (χ4n) is 1.07. The standard InChI is InChI=1S/C11H12FNO4/c1-7(2)10(14)6-17-11-4-3-8(12)5-9(11)13(15)16/h3-5,7H,6H2,1-2H3. The number of nitro groups is 1. The number of halogens is 1. The molecule has 0 aliphatic rings. The Morgan fingerprint density at radius 1 is 1.53 bits per heavy atom. The zero-order valence-electron chi connectivity index (χ0n) is 9.47. The van der Waals surface area contributed by atoms with Crippen LogP contribution in [0.15, 0.2) is 18.2 Å². The lowest BCUT2D eigenvalue weighted by Crippen LogP contribution is -2.17. The lowest BCUT2D eigenvalue weighted by molar-refractivity contribution is -0.386. The largest absolute Gasteiger partial charge is 0.479 e. The molecule has 0 heterocycles. The summed E-state index contributed by atoms with van der Waals surface area (Å²) in [4.78, 5) is 21.2. The van der Waals surface area contributed by atoms with E-state index in [2.05, 4.69) is 0 Å². The van der Waals surface area contributed by atoms with Crippen molar-refractivity contribution in [1.29, 1.82) is 0 Å². The number of rotatable bonds is 5. The maximum atomic E-state index is 12.8. The van der Waals surface area contributed by atoms with E-state index in [0.717, 1.165) is 18.2 Å². The van der Waals surface area contributed by atoms with Gasteiger partial charge in [0.05, 0.1) is 11.0 Å². The molecule has 6 heteroatoms. The van der Waals surface area contributed by atoms with Crippen LogP contribution in [0, 0.1) is 21.8 Å². The van der Waals surface area contributed by atoms with Crippen LogP contribution in [0.4, 0.5) is 10.1 Å². The molecule has 0 aromatic heterocycles. The average molecular weight is 241 g/mol. The molecule has 1 rings (SSSR count). The molecule has 1 aromatic carbocycles. The highest BCUT2D eigenvalue weighted by Crippen LogP contribution is 2.27. The monoisotopic (exact) mass is 241 g/mol. The number of Topliss-reactive ketones (excluding diaryl/α,β-unsaturated/α-hetero) is 1. The van der Waals surface area contributed by atoms with E-state index in [-0.39, 0.29) is 24.1 Å². The Bertz CT molecular complexity index is 445. The van der Waals surface area contributed by atoms with Crippen LogP contribution in [0.2, 0.25) is 0 Å². The number of nitro benzene ring substituents is 1. The van der Waals surface area contributed by atoms with Crippen molar-refractivity contribution >= 4 is 11.5 Å². The van der Waals surface area contributed by atoms with Gasteiger partial charge >= 0.3 is 5.69 Å². The molecule has 0 atom stereocenters. The number of hydrogen-bond donors (Lipinski definition) is 0. The molecule has 92 valence electrons. The number of ether oxygens (including phenoxy) is 1. The van der Waals surface area contributed by atoms with Gasteiger partial charge in [-0.05, 0) is 12.1 Å². The lowest BCUT2D eigenvalue weighted by Gasteiger charge is -2.07. The molecule has 0 saturated heterocycles. The zero-order valence-corrected chi connectivity index (χ0v) is 9.47. The second-order valence-corrected chi connectivity index (χ2v) is 3.78. The van der Waals surface area contributed by atoms with Crippen molar-refractivity contribution in [3.05, 3.63) is 34.1 Å². The van der Waals surface area contributed by atoms with Gasteiger partial charge in [0, 0.05) is 5.92 Å². The first-order valence-electron chi connectivity index (χ1n) is 5.01. The van der Waals surface area contributed by atoms with Crippen LogP contribution < -0.4 is 4.74 Å². The smallest absolute Gasteiger partial charge is 0.313 e. The third kappa shape index (κ3) is 3.51. The molecule has 0 fully saturated rings. The second kappa shape index (κ2) is 5.38. The molecule has 0 bridgehead atoms. The van der Waals surface area contributed by atoms with Gasteiger partial charge in [0.1, 0.15) is 12.4 Å². The Kier molecular flexibility index (Phi) is 4.14. The van der Waals surface area contributed by atoms with Crippen LogP contribution in [-0.4, -0.2) is 17.3 Å². The summed E-state index contributed by atoms with van der Waals surface area (Å²) >= 11 is 0. The number of ketones is 1. The van der Waals surface area contributed by atoms with Gasteiger partial charge < -0.3 is 4.74 Å². The summed E-state index contributed by atoms with van der Waals surface area (Å²) < 4.78 is 17.8. The molecule has 0 spiro atoms. The van der Waals surface area contributed by atoms with Crippen LogP contribution in [0.5, 0.6) is 5.75 Å². The molecule has 5 nitrogen and oxygen atoms in total. The van der Waals surface area contributed by atoms with E-state index in [0.29, 0.717) is 0 Å². The lowest BCUT2D eigenvalue weighted by atomic mass is 10.1. The molecule has 0 aliphatic carbocycles. The van der Waals surface area contributed by atoms with Crippen molar-refractivity contribution in [2.75, 3.05) is 6.61 Å². The minimum Gasteiger partial charge on any atom is -0.479 e. The van der Waals surface area contributed by atoms with Gasteiger partial charge in [-0.3, -0.25) is 14.9 Å². The van der Waals surface area contributed by atoms with Crippen molar-refractivity contribution in [1.82, 2.24) is 0 Å². The quantitative estimate of drug-likeness (QED) is 0.586. The number of carbonyl (C=O) groups is 1. The normalized spacial score (nSPS) is 10.4. The van der Waals surface area contributed by atoms with E-state index >= 15 is 0 Å². The molecule has 0 aliphatic heterocycles. The SMILES string of the molecule is CC(C)C(=O)COc1ccc(F)cc1[N+](=O)[O-].